The minimum Gasteiger partial charge on any atom is -0.459 e. The lowest BCUT2D eigenvalue weighted by Crippen LogP contribution is -2.20. The predicted octanol–water partition coefficient (Wildman–Crippen LogP) is 2.80. The van der Waals surface area contributed by atoms with Crippen molar-refractivity contribution in [1.29, 1.82) is 0 Å². The smallest absolute Gasteiger partial charge is 0.338 e. The molecule has 2 amide bonds. The summed E-state index contributed by atoms with van der Waals surface area (Å²) in [6, 6.07) is 0. The van der Waals surface area contributed by atoms with E-state index in [4.69, 9.17) is 9.47 Å². The van der Waals surface area contributed by atoms with Crippen LogP contribution in [0.15, 0.2) is 12.2 Å². The fourth-order valence-corrected chi connectivity index (χ4v) is 2.72. The number of hydrogen-bond donors (Lipinski definition) is 2. The van der Waals surface area contributed by atoms with Crippen molar-refractivity contribution < 1.29 is 28.7 Å². The molecule has 8 nitrogen and oxygen atoms in total. The quantitative estimate of drug-likeness (QED) is 0.421. The van der Waals surface area contributed by atoms with Crippen LogP contribution in [0.3, 0.4) is 0 Å². The van der Waals surface area contributed by atoms with E-state index in [2.05, 4.69) is 17.2 Å². The normalized spacial score (nSPS) is 10.1. The van der Waals surface area contributed by atoms with Crippen molar-refractivity contribution in [2.24, 2.45) is 0 Å². The summed E-state index contributed by atoms with van der Waals surface area (Å²) in [6.45, 7) is 12.5. The lowest BCUT2D eigenvalue weighted by atomic mass is 9.94. The second-order valence-corrected chi connectivity index (χ2v) is 6.41. The van der Waals surface area contributed by atoms with Gasteiger partial charge in [-0.05, 0) is 44.4 Å². The molecule has 0 unspecified atom stereocenters. The number of amides is 2. The van der Waals surface area contributed by atoms with Gasteiger partial charge in [0.25, 0.3) is 0 Å². The lowest BCUT2D eigenvalue weighted by molar-refractivity contribution is -0.140. The first-order valence-electron chi connectivity index (χ1n) is 8.66. The third-order valence-electron chi connectivity index (χ3n) is 3.95. The largest absolute Gasteiger partial charge is 0.459 e. The van der Waals surface area contributed by atoms with Gasteiger partial charge in [0.15, 0.2) is 0 Å². The number of hydrogen-bond acceptors (Lipinski definition) is 6. The highest BCUT2D eigenvalue weighted by Gasteiger charge is 2.24. The van der Waals surface area contributed by atoms with Crippen LogP contribution in [0.2, 0.25) is 0 Å². The van der Waals surface area contributed by atoms with Crippen LogP contribution in [-0.4, -0.2) is 37.0 Å². The molecular weight excluding hydrogens is 364 g/mol. The number of ether oxygens (including phenoxy) is 2. The van der Waals surface area contributed by atoms with Crippen LogP contribution in [0.5, 0.6) is 0 Å². The van der Waals surface area contributed by atoms with E-state index in [-0.39, 0.29) is 36.2 Å². The zero-order chi connectivity index (χ0) is 21.6. The Morgan fingerprint density at radius 3 is 1.61 bits per heavy atom. The minimum atomic E-state index is -0.653. The number of benzene rings is 1. The summed E-state index contributed by atoms with van der Waals surface area (Å²) < 4.78 is 10.1. The first-order valence-corrected chi connectivity index (χ1v) is 8.66. The second-order valence-electron chi connectivity index (χ2n) is 6.41. The maximum Gasteiger partial charge on any atom is 0.338 e. The summed E-state index contributed by atoms with van der Waals surface area (Å²) in [4.78, 5) is 47.2. The predicted molar refractivity (Wildman–Crippen MR) is 105 cm³/mol. The topological polar surface area (TPSA) is 111 Å². The molecule has 0 aliphatic rings. The van der Waals surface area contributed by atoms with Gasteiger partial charge in [-0.2, -0.15) is 0 Å². The summed E-state index contributed by atoms with van der Waals surface area (Å²) in [5.41, 5.74) is 3.00. The molecule has 0 saturated carbocycles. The summed E-state index contributed by atoms with van der Waals surface area (Å²) in [5.74, 6) is -1.84. The van der Waals surface area contributed by atoms with Crippen LogP contribution in [0.25, 0.3) is 0 Å². The Labute approximate surface area is 164 Å². The van der Waals surface area contributed by atoms with Crippen LogP contribution in [-0.2, 0) is 23.9 Å². The summed E-state index contributed by atoms with van der Waals surface area (Å²) in [5, 5.41) is 5.39. The van der Waals surface area contributed by atoms with Crippen molar-refractivity contribution in [3.63, 3.8) is 0 Å². The summed E-state index contributed by atoms with van der Waals surface area (Å²) in [7, 11) is 0. The third-order valence-corrected chi connectivity index (χ3v) is 3.95. The summed E-state index contributed by atoms with van der Waals surface area (Å²) >= 11 is 0. The van der Waals surface area contributed by atoms with Gasteiger partial charge in [-0.25, -0.2) is 9.59 Å². The fourth-order valence-electron chi connectivity index (χ4n) is 2.72. The van der Waals surface area contributed by atoms with Gasteiger partial charge in [-0.1, -0.05) is 6.58 Å². The zero-order valence-electron chi connectivity index (χ0n) is 17.1. The number of nitrogens with one attached hydrogen (secondary N) is 2. The monoisotopic (exact) mass is 390 g/mol. The Hall–Kier alpha value is -3.16. The van der Waals surface area contributed by atoms with Gasteiger partial charge >= 0.3 is 11.9 Å². The maximum atomic E-state index is 12.6. The number of carbonyl (C=O) groups is 4. The lowest BCUT2D eigenvalue weighted by Gasteiger charge is -2.21. The Kier molecular flexibility index (Phi) is 7.91. The molecule has 152 valence electrons. The van der Waals surface area contributed by atoms with Gasteiger partial charge in [0.2, 0.25) is 11.8 Å². The van der Waals surface area contributed by atoms with Crippen molar-refractivity contribution in [2.45, 2.75) is 41.5 Å². The van der Waals surface area contributed by atoms with Gasteiger partial charge in [0.1, 0.15) is 13.2 Å². The standard InChI is InChI=1S/C20H26N2O6/c1-10(2)19(25)27-8-9-28-20(26)16-11(3)17(21-14(6)23)13(5)18(12(16)4)22-15(7)24/h1,8-9H2,2-7H3,(H,21,23)(H,22,24). The molecule has 1 rings (SSSR count). The molecular formula is C20H26N2O6. The molecule has 0 heterocycles. The molecule has 8 heteroatoms. The van der Waals surface area contributed by atoms with E-state index in [0.29, 0.717) is 28.1 Å². The van der Waals surface area contributed by atoms with E-state index in [0.717, 1.165) is 0 Å². The van der Waals surface area contributed by atoms with Crippen molar-refractivity contribution in [2.75, 3.05) is 23.8 Å². The second kappa shape index (κ2) is 9.68. The zero-order valence-corrected chi connectivity index (χ0v) is 17.1. The molecule has 1 aromatic carbocycles. The molecule has 2 N–H and O–H groups in total. The van der Waals surface area contributed by atoms with Crippen LogP contribution in [0.1, 0.15) is 47.8 Å². The minimum absolute atomic E-state index is 0.113. The maximum absolute atomic E-state index is 12.6. The van der Waals surface area contributed by atoms with Crippen LogP contribution in [0, 0.1) is 20.8 Å². The van der Waals surface area contributed by atoms with Crippen molar-refractivity contribution in [1.82, 2.24) is 0 Å². The molecule has 0 aliphatic heterocycles. The van der Waals surface area contributed by atoms with Gasteiger partial charge in [0, 0.05) is 30.8 Å². The number of carbonyl (C=O) groups excluding carboxylic acids is 4. The highest BCUT2D eigenvalue weighted by Crippen LogP contribution is 2.35. The Morgan fingerprint density at radius 2 is 1.21 bits per heavy atom. The SMILES string of the molecule is C=C(C)C(=O)OCCOC(=O)c1c(C)c(NC(C)=O)c(C)c(NC(C)=O)c1C. The molecule has 0 bridgehead atoms. The Morgan fingerprint density at radius 1 is 0.786 bits per heavy atom. The fraction of sp³-hybridized carbons (Fsp3) is 0.400. The molecule has 0 saturated heterocycles. The Balaban J connectivity index is 3.19. The first-order chi connectivity index (χ1) is 13.0. The molecule has 0 spiro atoms. The van der Waals surface area contributed by atoms with Gasteiger partial charge in [-0.15, -0.1) is 0 Å². The van der Waals surface area contributed by atoms with E-state index in [1.54, 1.807) is 20.8 Å². The molecule has 28 heavy (non-hydrogen) atoms. The van der Waals surface area contributed by atoms with Crippen LogP contribution < -0.4 is 10.6 Å². The average molecular weight is 390 g/mol. The van der Waals surface area contributed by atoms with E-state index in [1.807, 2.05) is 0 Å². The van der Waals surface area contributed by atoms with E-state index in [1.165, 1.54) is 20.8 Å². The van der Waals surface area contributed by atoms with Crippen LogP contribution >= 0.6 is 0 Å². The number of esters is 2. The van der Waals surface area contributed by atoms with Gasteiger partial charge in [-0.3, -0.25) is 9.59 Å². The van der Waals surface area contributed by atoms with Crippen molar-refractivity contribution >= 4 is 35.1 Å². The van der Waals surface area contributed by atoms with Gasteiger partial charge in [0.05, 0.1) is 5.56 Å². The van der Waals surface area contributed by atoms with Crippen molar-refractivity contribution in [3.05, 3.63) is 34.4 Å². The molecule has 0 fully saturated rings. The van der Waals surface area contributed by atoms with E-state index < -0.39 is 11.9 Å². The molecule has 1 aromatic rings. The molecule has 0 aromatic heterocycles. The highest BCUT2D eigenvalue weighted by molar-refractivity contribution is 6.03. The van der Waals surface area contributed by atoms with Gasteiger partial charge < -0.3 is 20.1 Å². The first kappa shape index (κ1) is 22.9. The average Bonchev–Trinajstić information content (AvgIpc) is 2.58. The van der Waals surface area contributed by atoms with E-state index >= 15 is 0 Å². The highest BCUT2D eigenvalue weighted by atomic mass is 16.6. The number of anilines is 2. The molecule has 0 atom stereocenters. The Bertz CT molecular complexity index is 799. The molecule has 0 aliphatic carbocycles. The molecule has 0 radical (unpaired) electrons. The third kappa shape index (κ3) is 5.67. The van der Waals surface area contributed by atoms with E-state index in [9.17, 15) is 19.2 Å². The number of rotatable bonds is 7. The van der Waals surface area contributed by atoms with Crippen molar-refractivity contribution in [3.8, 4) is 0 Å². The van der Waals surface area contributed by atoms with Crippen LogP contribution in [0.4, 0.5) is 11.4 Å². The summed E-state index contributed by atoms with van der Waals surface area (Å²) in [6.07, 6.45) is 0.